The molecule has 3 rings (SSSR count). The van der Waals surface area contributed by atoms with Crippen LogP contribution in [0.1, 0.15) is 53.5 Å². The molecule has 2 aliphatic rings. The Morgan fingerprint density at radius 2 is 1.68 bits per heavy atom. The van der Waals surface area contributed by atoms with Gasteiger partial charge in [-0.25, -0.2) is 8.98 Å². The van der Waals surface area contributed by atoms with Crippen LogP contribution in [0.3, 0.4) is 0 Å². The van der Waals surface area contributed by atoms with Gasteiger partial charge in [0.05, 0.1) is 24.8 Å². The molecule has 0 amide bonds. The van der Waals surface area contributed by atoms with E-state index < -0.39 is 67.9 Å². The molecule has 0 bridgehead atoms. The van der Waals surface area contributed by atoms with E-state index in [0.29, 0.717) is 0 Å². The molecule has 0 aromatic carbocycles. The van der Waals surface area contributed by atoms with E-state index >= 15 is 0 Å². The van der Waals surface area contributed by atoms with E-state index in [1.54, 1.807) is 0 Å². The number of aromatic amines is 1. The van der Waals surface area contributed by atoms with Crippen LogP contribution in [0, 0.1) is 5.41 Å². The van der Waals surface area contributed by atoms with E-state index in [-0.39, 0.29) is 28.1 Å². The van der Waals surface area contributed by atoms with Crippen molar-refractivity contribution >= 4 is 32.7 Å². The Bertz CT molecular complexity index is 1450. The van der Waals surface area contributed by atoms with Gasteiger partial charge in [0.15, 0.2) is 28.5 Å². The van der Waals surface area contributed by atoms with Crippen LogP contribution in [0.2, 0.25) is 36.3 Å². The number of methoxy groups -OCH3 is 1. The molecule has 0 aliphatic carbocycles. The van der Waals surface area contributed by atoms with E-state index in [1.807, 2.05) is 47.0 Å². The normalized spacial score (nSPS) is 26.8. The highest BCUT2D eigenvalue weighted by atomic mass is 32.2. The lowest BCUT2D eigenvalue weighted by Gasteiger charge is -2.43. The van der Waals surface area contributed by atoms with Crippen molar-refractivity contribution in [3.63, 3.8) is 0 Å². The molecule has 0 saturated carbocycles. The lowest BCUT2D eigenvalue weighted by molar-refractivity contribution is -0.0566. The van der Waals surface area contributed by atoms with E-state index in [4.69, 9.17) is 33.7 Å². The lowest BCUT2D eigenvalue weighted by Crippen LogP contribution is -2.59. The summed E-state index contributed by atoms with van der Waals surface area (Å²) in [6, 6.07) is 1.03. The fraction of sp³-hybridized carbons (Fsp3) is 0.720. The summed E-state index contributed by atoms with van der Waals surface area (Å²) in [6.45, 7) is 20.0. The molecule has 13 nitrogen and oxygen atoms in total. The Kier molecular flexibility index (Phi) is 8.61. The van der Waals surface area contributed by atoms with Gasteiger partial charge in [0.2, 0.25) is 5.90 Å². The maximum Gasteiger partial charge on any atom is 0.331 e. The first-order valence-corrected chi connectivity index (χ1v) is 20.6. The monoisotopic (exact) mass is 632 g/mol. The minimum absolute atomic E-state index is 0.121. The minimum Gasteiger partial charge on any atom is -0.480 e. The second kappa shape index (κ2) is 10.6. The molecule has 3 heterocycles. The van der Waals surface area contributed by atoms with E-state index in [0.717, 1.165) is 16.0 Å². The SMILES string of the molecule is COC(=N)c1cc(=O)[nH]c(=O)n1[C@@H]1OC(CO[Si](C)(C)C(C)(C)C)C2(OS(=O)(=O)C=C2N)[C@H]1O[Si](C)(C)C(C)(C)C. The fourth-order valence-corrected chi connectivity index (χ4v) is 7.74. The fourth-order valence-electron chi connectivity index (χ4n) is 4.24. The third-order valence-corrected chi connectivity index (χ3v) is 18.7. The average Bonchev–Trinajstić information content (AvgIpc) is 3.21. The molecule has 4 N–H and O–H groups in total. The summed E-state index contributed by atoms with van der Waals surface area (Å²) in [5.74, 6) is -0.485. The number of nitrogens with zero attached hydrogens (tertiary/aromatic N) is 1. The summed E-state index contributed by atoms with van der Waals surface area (Å²) < 4.78 is 57.4. The molecule has 1 spiro atoms. The van der Waals surface area contributed by atoms with Gasteiger partial charge in [-0.1, -0.05) is 41.5 Å². The maximum absolute atomic E-state index is 13.3. The van der Waals surface area contributed by atoms with Gasteiger partial charge in [0.1, 0.15) is 17.9 Å². The Morgan fingerprint density at radius 1 is 1.12 bits per heavy atom. The van der Waals surface area contributed by atoms with Gasteiger partial charge in [0.25, 0.3) is 15.7 Å². The largest absolute Gasteiger partial charge is 0.480 e. The number of hydrogen-bond acceptors (Lipinski definition) is 11. The van der Waals surface area contributed by atoms with Crippen LogP contribution in [-0.4, -0.2) is 72.0 Å². The number of nitrogens with one attached hydrogen (secondary N) is 2. The van der Waals surface area contributed by atoms with Crippen LogP contribution in [0.25, 0.3) is 0 Å². The van der Waals surface area contributed by atoms with Crippen LogP contribution >= 0.6 is 0 Å². The van der Waals surface area contributed by atoms with Crippen LogP contribution in [0.4, 0.5) is 0 Å². The van der Waals surface area contributed by atoms with Crippen molar-refractivity contribution < 1.29 is 30.9 Å². The summed E-state index contributed by atoms with van der Waals surface area (Å²) in [7, 11) is -8.20. The van der Waals surface area contributed by atoms with E-state index in [2.05, 4.69) is 25.8 Å². The standard InChI is InChI=1S/C25H44N4O9SSi2/c1-23(2,3)40(8,9)35-13-17-25(16(26)14-39(32,33)38-25)19(37-41(10,11)24(4,5)6)21(36-17)29-15(20(27)34-7)12-18(30)28-22(29)31/h12,14,17,19,21,27H,13,26H2,1-11H3,(H,28,30,31)/t17?,19-,21+,25?/m0/s1. The maximum atomic E-state index is 13.3. The van der Waals surface area contributed by atoms with Crippen molar-refractivity contribution in [2.75, 3.05) is 13.7 Å². The molecule has 1 saturated heterocycles. The highest BCUT2D eigenvalue weighted by Crippen LogP contribution is 2.52. The zero-order valence-electron chi connectivity index (χ0n) is 25.7. The molecule has 2 aliphatic heterocycles. The van der Waals surface area contributed by atoms with Gasteiger partial charge >= 0.3 is 5.69 Å². The predicted molar refractivity (Wildman–Crippen MR) is 159 cm³/mol. The zero-order chi connectivity index (χ0) is 31.6. The molecule has 4 atom stereocenters. The Labute approximate surface area is 243 Å². The molecular weight excluding hydrogens is 589 g/mol. The zero-order valence-corrected chi connectivity index (χ0v) is 28.5. The van der Waals surface area contributed by atoms with Crippen molar-refractivity contribution in [1.82, 2.24) is 9.55 Å². The highest BCUT2D eigenvalue weighted by molar-refractivity contribution is 7.90. The number of H-pyrrole nitrogens is 1. The third-order valence-electron chi connectivity index (χ3n) is 8.74. The molecule has 0 radical (unpaired) electrons. The van der Waals surface area contributed by atoms with Gasteiger partial charge in [-0.3, -0.25) is 19.8 Å². The molecular formula is C25H44N4O9SSi2. The van der Waals surface area contributed by atoms with Crippen molar-refractivity contribution in [1.29, 1.82) is 5.41 Å². The Morgan fingerprint density at radius 3 is 2.15 bits per heavy atom. The summed E-state index contributed by atoms with van der Waals surface area (Å²) in [5, 5.41) is 8.59. The molecule has 1 aromatic rings. The molecule has 16 heteroatoms. The van der Waals surface area contributed by atoms with E-state index in [1.165, 1.54) is 7.11 Å². The third kappa shape index (κ3) is 6.05. The summed E-state index contributed by atoms with van der Waals surface area (Å²) in [5.41, 5.74) is 2.55. The Balaban J connectivity index is 2.33. The lowest BCUT2D eigenvalue weighted by atomic mass is 9.89. The predicted octanol–water partition coefficient (Wildman–Crippen LogP) is 2.72. The topological polar surface area (TPSA) is 185 Å². The smallest absolute Gasteiger partial charge is 0.331 e. The first-order valence-electron chi connectivity index (χ1n) is 13.3. The van der Waals surface area contributed by atoms with Crippen LogP contribution in [0.15, 0.2) is 26.8 Å². The minimum atomic E-state index is -4.27. The van der Waals surface area contributed by atoms with Gasteiger partial charge in [0, 0.05) is 6.07 Å². The van der Waals surface area contributed by atoms with Gasteiger partial charge in [-0.05, 0) is 36.3 Å². The quantitative estimate of drug-likeness (QED) is 0.175. The molecule has 41 heavy (non-hydrogen) atoms. The van der Waals surface area contributed by atoms with Gasteiger partial charge in [-0.15, -0.1) is 0 Å². The second-order valence-corrected chi connectivity index (χ2v) is 24.5. The van der Waals surface area contributed by atoms with Gasteiger partial charge < -0.3 is 24.1 Å². The van der Waals surface area contributed by atoms with E-state index in [9.17, 15) is 18.0 Å². The summed E-state index contributed by atoms with van der Waals surface area (Å²) in [4.78, 5) is 27.8. The van der Waals surface area contributed by atoms with Crippen molar-refractivity contribution in [2.45, 2.75) is 102 Å². The number of ether oxygens (including phenoxy) is 2. The van der Waals surface area contributed by atoms with Crippen LogP contribution < -0.4 is 17.0 Å². The van der Waals surface area contributed by atoms with Crippen LogP contribution in [-0.2, 0) is 32.6 Å². The van der Waals surface area contributed by atoms with Crippen LogP contribution in [0.5, 0.6) is 0 Å². The number of rotatable bonds is 7. The van der Waals surface area contributed by atoms with Gasteiger partial charge in [-0.2, -0.15) is 8.42 Å². The van der Waals surface area contributed by atoms with Crippen molar-refractivity contribution in [3.05, 3.63) is 43.7 Å². The Hall–Kier alpha value is -2.09. The number of nitrogens with two attached hydrogens (primary N) is 1. The molecule has 1 aromatic heterocycles. The summed E-state index contributed by atoms with van der Waals surface area (Å²) in [6.07, 6.45) is -3.82. The first kappa shape index (κ1) is 33.4. The molecule has 1 fully saturated rings. The first-order chi connectivity index (χ1) is 18.4. The average molecular weight is 633 g/mol. The molecule has 2 unspecified atom stereocenters. The second-order valence-electron chi connectivity index (χ2n) is 13.6. The highest BCUT2D eigenvalue weighted by Gasteiger charge is 2.67. The summed E-state index contributed by atoms with van der Waals surface area (Å²) >= 11 is 0. The molecule has 232 valence electrons. The number of hydrogen-bond donors (Lipinski definition) is 3. The van der Waals surface area contributed by atoms with Crippen molar-refractivity contribution in [3.8, 4) is 0 Å². The van der Waals surface area contributed by atoms with Crippen molar-refractivity contribution in [2.24, 2.45) is 5.73 Å². The number of aromatic nitrogens is 2.